The number of amides is 1. The van der Waals surface area contributed by atoms with Gasteiger partial charge in [0, 0.05) is 61.6 Å². The van der Waals surface area contributed by atoms with Crippen LogP contribution in [0, 0.1) is 0 Å². The summed E-state index contributed by atoms with van der Waals surface area (Å²) in [5.74, 6) is 0.404. The zero-order valence-corrected chi connectivity index (χ0v) is 19.5. The molecule has 0 saturated carbocycles. The number of hydrogen-bond donors (Lipinski definition) is 3. The average molecular weight is 459 g/mol. The van der Waals surface area contributed by atoms with Crippen LogP contribution >= 0.6 is 0 Å². The van der Waals surface area contributed by atoms with Gasteiger partial charge in [0.1, 0.15) is 5.75 Å². The lowest BCUT2D eigenvalue weighted by atomic mass is 9.96. The molecule has 34 heavy (non-hydrogen) atoms. The summed E-state index contributed by atoms with van der Waals surface area (Å²) in [6.45, 7) is 4.57. The lowest BCUT2D eigenvalue weighted by Crippen LogP contribution is -2.47. The standard InChI is InChI=1S/C26H30N6O2/c1-31-9-11-32(12-10-31)17-23(18-5-3-6-20(13-18)34-2)26(33)30-24-8-4-7-21-22(16-27-25(21)24)19-14-28-29-15-19/h3-8,13-16,23,27H,9-12,17H2,1-2H3,(H,28,29)(H,30,33)/t23-/m1/s1. The minimum Gasteiger partial charge on any atom is -0.497 e. The number of carbonyl (C=O) groups is 1. The predicted octanol–water partition coefficient (Wildman–Crippen LogP) is 3.54. The molecule has 1 fully saturated rings. The molecule has 4 aromatic rings. The van der Waals surface area contributed by atoms with Gasteiger partial charge in [0.25, 0.3) is 0 Å². The number of likely N-dealkylation sites (N-methyl/N-ethyl adjacent to an activating group) is 1. The Morgan fingerprint density at radius 1 is 1.15 bits per heavy atom. The van der Waals surface area contributed by atoms with Gasteiger partial charge in [-0.05, 0) is 30.8 Å². The lowest BCUT2D eigenvalue weighted by Gasteiger charge is -2.34. The van der Waals surface area contributed by atoms with Crippen molar-refractivity contribution in [1.29, 1.82) is 0 Å². The molecule has 8 heteroatoms. The third kappa shape index (κ3) is 4.55. The summed E-state index contributed by atoms with van der Waals surface area (Å²) in [4.78, 5) is 21.7. The third-order valence-electron chi connectivity index (χ3n) is 6.63. The first kappa shape index (κ1) is 22.2. The van der Waals surface area contributed by atoms with E-state index in [1.54, 1.807) is 13.3 Å². The molecule has 2 aromatic heterocycles. The van der Waals surface area contributed by atoms with E-state index in [4.69, 9.17) is 4.74 Å². The number of piperazine rings is 1. The summed E-state index contributed by atoms with van der Waals surface area (Å²) in [5, 5.41) is 11.2. The maximum absolute atomic E-state index is 13.7. The Morgan fingerprint density at radius 2 is 1.97 bits per heavy atom. The molecule has 176 valence electrons. The van der Waals surface area contributed by atoms with E-state index in [-0.39, 0.29) is 11.8 Å². The molecular formula is C26H30N6O2. The Kier molecular flexibility index (Phi) is 6.33. The van der Waals surface area contributed by atoms with Crippen molar-refractivity contribution in [3.63, 3.8) is 0 Å². The Bertz CT molecular complexity index is 1260. The van der Waals surface area contributed by atoms with Gasteiger partial charge < -0.3 is 19.9 Å². The second kappa shape index (κ2) is 9.70. The van der Waals surface area contributed by atoms with Gasteiger partial charge in [-0.2, -0.15) is 5.10 Å². The molecule has 0 unspecified atom stereocenters. The third-order valence-corrected chi connectivity index (χ3v) is 6.63. The zero-order valence-electron chi connectivity index (χ0n) is 19.5. The zero-order chi connectivity index (χ0) is 23.5. The number of aromatic nitrogens is 3. The fraction of sp³-hybridized carbons (Fsp3) is 0.308. The first-order chi connectivity index (χ1) is 16.6. The van der Waals surface area contributed by atoms with E-state index in [1.807, 2.05) is 54.9 Å². The van der Waals surface area contributed by atoms with Gasteiger partial charge in [-0.15, -0.1) is 0 Å². The molecule has 1 atom stereocenters. The molecule has 0 aliphatic carbocycles. The van der Waals surface area contributed by atoms with Crippen molar-refractivity contribution in [3.8, 4) is 16.9 Å². The Hall–Kier alpha value is -3.62. The number of nitrogens with zero attached hydrogens (tertiary/aromatic N) is 3. The van der Waals surface area contributed by atoms with Crippen LogP contribution in [0.15, 0.2) is 61.1 Å². The van der Waals surface area contributed by atoms with Crippen LogP contribution in [0.5, 0.6) is 5.75 Å². The van der Waals surface area contributed by atoms with E-state index in [9.17, 15) is 4.79 Å². The van der Waals surface area contributed by atoms with E-state index in [0.717, 1.165) is 65.2 Å². The van der Waals surface area contributed by atoms with Crippen molar-refractivity contribution in [2.45, 2.75) is 5.92 Å². The molecule has 5 rings (SSSR count). The number of rotatable bonds is 7. The van der Waals surface area contributed by atoms with Crippen LogP contribution in [0.1, 0.15) is 11.5 Å². The summed E-state index contributed by atoms with van der Waals surface area (Å²) in [6.07, 6.45) is 5.61. The molecule has 3 N–H and O–H groups in total. The van der Waals surface area contributed by atoms with Gasteiger partial charge in [-0.1, -0.05) is 24.3 Å². The normalized spacial score (nSPS) is 15.9. The molecule has 1 aliphatic rings. The first-order valence-electron chi connectivity index (χ1n) is 11.6. The van der Waals surface area contributed by atoms with Gasteiger partial charge in [0.05, 0.1) is 30.4 Å². The number of carbonyl (C=O) groups excluding carboxylic acids is 1. The topological polar surface area (TPSA) is 89.3 Å². The molecule has 0 radical (unpaired) electrons. The highest BCUT2D eigenvalue weighted by Gasteiger charge is 2.26. The molecule has 2 aromatic carbocycles. The van der Waals surface area contributed by atoms with Crippen molar-refractivity contribution >= 4 is 22.5 Å². The number of anilines is 1. The van der Waals surface area contributed by atoms with Crippen molar-refractivity contribution < 1.29 is 9.53 Å². The molecule has 3 heterocycles. The second-order valence-electron chi connectivity index (χ2n) is 8.84. The highest BCUT2D eigenvalue weighted by Crippen LogP contribution is 2.33. The van der Waals surface area contributed by atoms with Crippen LogP contribution in [0.2, 0.25) is 0 Å². The van der Waals surface area contributed by atoms with Crippen molar-refractivity contribution in [1.82, 2.24) is 25.0 Å². The smallest absolute Gasteiger partial charge is 0.233 e. The minimum atomic E-state index is -0.322. The maximum atomic E-state index is 13.7. The molecule has 1 aliphatic heterocycles. The van der Waals surface area contributed by atoms with E-state index in [0.29, 0.717) is 6.54 Å². The average Bonchev–Trinajstić information content (AvgIpc) is 3.54. The fourth-order valence-electron chi connectivity index (χ4n) is 4.60. The number of aromatic amines is 2. The van der Waals surface area contributed by atoms with Crippen LogP contribution in [0.4, 0.5) is 5.69 Å². The highest BCUT2D eigenvalue weighted by molar-refractivity contribution is 6.07. The van der Waals surface area contributed by atoms with E-state index < -0.39 is 0 Å². The summed E-state index contributed by atoms with van der Waals surface area (Å²) >= 11 is 0. The Labute approximate surface area is 198 Å². The first-order valence-corrected chi connectivity index (χ1v) is 11.6. The molecule has 8 nitrogen and oxygen atoms in total. The number of para-hydroxylation sites is 1. The largest absolute Gasteiger partial charge is 0.497 e. The quantitative estimate of drug-likeness (QED) is 0.394. The Balaban J connectivity index is 1.43. The van der Waals surface area contributed by atoms with E-state index in [2.05, 4.69) is 37.3 Å². The van der Waals surface area contributed by atoms with Crippen LogP contribution < -0.4 is 10.1 Å². The predicted molar refractivity (Wildman–Crippen MR) is 134 cm³/mol. The number of hydrogen-bond acceptors (Lipinski definition) is 5. The molecule has 1 saturated heterocycles. The van der Waals surface area contributed by atoms with Gasteiger partial charge in [0.15, 0.2) is 0 Å². The lowest BCUT2D eigenvalue weighted by molar-refractivity contribution is -0.118. The SMILES string of the molecule is COc1cccc([C@@H](CN2CCN(C)CC2)C(=O)Nc2cccc3c(-c4cn[nH]c4)c[nH]c23)c1. The summed E-state index contributed by atoms with van der Waals surface area (Å²) in [7, 11) is 3.79. The van der Waals surface area contributed by atoms with E-state index >= 15 is 0 Å². The minimum absolute atomic E-state index is 0.0286. The number of fused-ring (bicyclic) bond motifs is 1. The van der Waals surface area contributed by atoms with Crippen LogP contribution in [-0.4, -0.2) is 77.8 Å². The molecule has 0 bridgehead atoms. The molecule has 1 amide bonds. The highest BCUT2D eigenvalue weighted by atomic mass is 16.5. The van der Waals surface area contributed by atoms with Crippen molar-refractivity contribution in [2.75, 3.05) is 52.2 Å². The van der Waals surface area contributed by atoms with Gasteiger partial charge >= 0.3 is 0 Å². The Morgan fingerprint density at radius 3 is 2.74 bits per heavy atom. The summed E-state index contributed by atoms with van der Waals surface area (Å²) in [5.41, 5.74) is 4.66. The fourth-order valence-corrected chi connectivity index (χ4v) is 4.60. The van der Waals surface area contributed by atoms with Crippen molar-refractivity contribution in [2.24, 2.45) is 0 Å². The molecule has 0 spiro atoms. The van der Waals surface area contributed by atoms with Crippen LogP contribution in [-0.2, 0) is 4.79 Å². The number of benzene rings is 2. The second-order valence-corrected chi connectivity index (χ2v) is 8.84. The van der Waals surface area contributed by atoms with Gasteiger partial charge in [-0.3, -0.25) is 14.8 Å². The number of methoxy groups -OCH3 is 1. The monoisotopic (exact) mass is 458 g/mol. The van der Waals surface area contributed by atoms with Gasteiger partial charge in [0.2, 0.25) is 5.91 Å². The van der Waals surface area contributed by atoms with Crippen molar-refractivity contribution in [3.05, 3.63) is 66.6 Å². The number of nitrogens with one attached hydrogen (secondary N) is 3. The summed E-state index contributed by atoms with van der Waals surface area (Å²) < 4.78 is 5.44. The van der Waals surface area contributed by atoms with Crippen LogP contribution in [0.3, 0.4) is 0 Å². The van der Waals surface area contributed by atoms with Crippen LogP contribution in [0.25, 0.3) is 22.0 Å². The van der Waals surface area contributed by atoms with E-state index in [1.165, 1.54) is 0 Å². The number of ether oxygens (including phenoxy) is 1. The summed E-state index contributed by atoms with van der Waals surface area (Å²) in [6, 6.07) is 13.8. The van der Waals surface area contributed by atoms with Gasteiger partial charge in [-0.25, -0.2) is 0 Å². The number of H-pyrrole nitrogens is 2. The maximum Gasteiger partial charge on any atom is 0.233 e. The molecular weight excluding hydrogens is 428 g/mol.